The molecule has 0 atom stereocenters. The van der Waals surface area contributed by atoms with Crippen molar-refractivity contribution < 1.29 is 5.11 Å². The first kappa shape index (κ1) is 10.1. The number of aliphatic hydroxyl groups excluding tert-OH is 1. The Hall–Kier alpha value is -0.960. The number of nitrogens with zero attached hydrogens (tertiary/aromatic N) is 2. The van der Waals surface area contributed by atoms with Gasteiger partial charge in [0.2, 0.25) is 0 Å². The maximum Gasteiger partial charge on any atom is 0.128 e. The number of hydrogen-bond acceptors (Lipinski definition) is 3. The van der Waals surface area contributed by atoms with E-state index < -0.39 is 0 Å². The minimum atomic E-state index is 0.210. The minimum Gasteiger partial charge on any atom is -0.396 e. The van der Waals surface area contributed by atoms with Crippen molar-refractivity contribution in [1.29, 1.82) is 0 Å². The molecule has 0 fully saturated rings. The summed E-state index contributed by atoms with van der Waals surface area (Å²) in [5.41, 5.74) is 1.10. The second-order valence-electron chi connectivity index (χ2n) is 3.04. The van der Waals surface area contributed by atoms with Crippen molar-refractivity contribution in [2.75, 3.05) is 6.61 Å². The van der Waals surface area contributed by atoms with E-state index in [1.165, 1.54) is 0 Å². The lowest BCUT2D eigenvalue weighted by Crippen LogP contribution is -2.00. The molecule has 1 aromatic heterocycles. The highest BCUT2D eigenvalue weighted by Gasteiger charge is 1.97. The quantitative estimate of drug-likeness (QED) is 0.744. The summed E-state index contributed by atoms with van der Waals surface area (Å²) in [4.78, 5) is 8.51. The van der Waals surface area contributed by atoms with Crippen molar-refractivity contribution in [2.24, 2.45) is 0 Å². The molecular weight excluding hydrogens is 164 g/mol. The lowest BCUT2D eigenvalue weighted by Gasteiger charge is -2.00. The van der Waals surface area contributed by atoms with Gasteiger partial charge in [0.05, 0.1) is 0 Å². The topological polar surface area (TPSA) is 46.0 Å². The molecule has 0 unspecified atom stereocenters. The molecule has 3 heteroatoms. The van der Waals surface area contributed by atoms with Crippen LogP contribution < -0.4 is 0 Å². The van der Waals surface area contributed by atoms with Gasteiger partial charge in [0.25, 0.3) is 0 Å². The maximum absolute atomic E-state index is 8.64. The fourth-order valence-corrected chi connectivity index (χ4v) is 1.19. The zero-order valence-corrected chi connectivity index (χ0v) is 8.03. The lowest BCUT2D eigenvalue weighted by molar-refractivity contribution is 0.287. The molecule has 0 radical (unpaired) electrons. The monoisotopic (exact) mass is 180 g/mol. The van der Waals surface area contributed by atoms with Crippen molar-refractivity contribution in [3.63, 3.8) is 0 Å². The number of aromatic nitrogens is 2. The zero-order chi connectivity index (χ0) is 9.52. The predicted molar refractivity (Wildman–Crippen MR) is 51.4 cm³/mol. The van der Waals surface area contributed by atoms with Gasteiger partial charge in [-0.2, -0.15) is 0 Å². The van der Waals surface area contributed by atoms with Crippen LogP contribution in [0, 0.1) is 0 Å². The van der Waals surface area contributed by atoms with E-state index in [-0.39, 0.29) is 6.61 Å². The Morgan fingerprint density at radius 1 is 1.38 bits per heavy atom. The van der Waals surface area contributed by atoms with E-state index in [0.717, 1.165) is 37.2 Å². The molecule has 0 aliphatic carbocycles. The molecule has 0 saturated heterocycles. The molecule has 0 amide bonds. The summed E-state index contributed by atoms with van der Waals surface area (Å²) in [6.07, 6.45) is 5.43. The van der Waals surface area contributed by atoms with Gasteiger partial charge in [0.15, 0.2) is 0 Å². The molecule has 72 valence electrons. The number of hydrogen-bond donors (Lipinski definition) is 1. The summed E-state index contributed by atoms with van der Waals surface area (Å²) in [5, 5.41) is 8.64. The molecule has 3 nitrogen and oxygen atoms in total. The van der Waals surface area contributed by atoms with Crippen molar-refractivity contribution in [3.05, 3.63) is 23.8 Å². The minimum absolute atomic E-state index is 0.210. The fourth-order valence-electron chi connectivity index (χ4n) is 1.19. The van der Waals surface area contributed by atoms with Gasteiger partial charge < -0.3 is 5.11 Å². The first-order valence-electron chi connectivity index (χ1n) is 4.78. The molecule has 0 saturated carbocycles. The molecular formula is C10H16N2O. The van der Waals surface area contributed by atoms with Crippen LogP contribution >= 0.6 is 0 Å². The molecule has 13 heavy (non-hydrogen) atoms. The van der Waals surface area contributed by atoms with Gasteiger partial charge >= 0.3 is 0 Å². The first-order chi connectivity index (χ1) is 6.36. The van der Waals surface area contributed by atoms with Crippen LogP contribution in [0.2, 0.25) is 0 Å². The second kappa shape index (κ2) is 5.65. The summed E-state index contributed by atoms with van der Waals surface area (Å²) < 4.78 is 0. The van der Waals surface area contributed by atoms with Gasteiger partial charge in [0, 0.05) is 24.9 Å². The van der Waals surface area contributed by atoms with E-state index in [1.807, 2.05) is 6.07 Å². The molecule has 0 bridgehead atoms. The van der Waals surface area contributed by atoms with Gasteiger partial charge in [0.1, 0.15) is 5.82 Å². The Morgan fingerprint density at radius 2 is 2.23 bits per heavy atom. The van der Waals surface area contributed by atoms with Crippen molar-refractivity contribution in [1.82, 2.24) is 9.97 Å². The summed E-state index contributed by atoms with van der Waals surface area (Å²) >= 11 is 0. The third kappa shape index (κ3) is 3.51. The van der Waals surface area contributed by atoms with Crippen LogP contribution in [0.4, 0.5) is 0 Å². The van der Waals surface area contributed by atoms with E-state index in [9.17, 15) is 0 Å². The third-order valence-electron chi connectivity index (χ3n) is 1.83. The Balaban J connectivity index is 2.56. The Kier molecular flexibility index (Phi) is 4.40. The van der Waals surface area contributed by atoms with Crippen LogP contribution in [-0.2, 0) is 12.8 Å². The Labute approximate surface area is 78.9 Å². The average molecular weight is 180 g/mol. The number of rotatable bonds is 5. The molecule has 1 heterocycles. The first-order valence-corrected chi connectivity index (χ1v) is 4.78. The maximum atomic E-state index is 8.64. The SMILES string of the molecule is CCCc1ccnc(CCCO)n1. The van der Waals surface area contributed by atoms with Crippen LogP contribution in [-0.4, -0.2) is 21.7 Å². The number of aliphatic hydroxyl groups is 1. The van der Waals surface area contributed by atoms with Gasteiger partial charge in [-0.05, 0) is 18.9 Å². The molecule has 0 spiro atoms. The van der Waals surface area contributed by atoms with E-state index in [1.54, 1.807) is 6.20 Å². The van der Waals surface area contributed by atoms with Gasteiger partial charge in [-0.15, -0.1) is 0 Å². The Bertz CT molecular complexity index is 250. The van der Waals surface area contributed by atoms with E-state index >= 15 is 0 Å². The van der Waals surface area contributed by atoms with Crippen LogP contribution in [0.25, 0.3) is 0 Å². The predicted octanol–water partition coefficient (Wildman–Crippen LogP) is 1.35. The highest BCUT2D eigenvalue weighted by atomic mass is 16.2. The summed E-state index contributed by atoms with van der Waals surface area (Å²) in [6, 6.07) is 1.95. The highest BCUT2D eigenvalue weighted by molar-refractivity contribution is 5.02. The average Bonchev–Trinajstić information content (AvgIpc) is 2.16. The van der Waals surface area contributed by atoms with Crippen LogP contribution in [0.3, 0.4) is 0 Å². The van der Waals surface area contributed by atoms with Crippen LogP contribution in [0.15, 0.2) is 12.3 Å². The van der Waals surface area contributed by atoms with Crippen molar-refractivity contribution >= 4 is 0 Å². The van der Waals surface area contributed by atoms with Crippen LogP contribution in [0.1, 0.15) is 31.3 Å². The second-order valence-corrected chi connectivity index (χ2v) is 3.04. The smallest absolute Gasteiger partial charge is 0.128 e. The van der Waals surface area contributed by atoms with Crippen molar-refractivity contribution in [3.8, 4) is 0 Å². The van der Waals surface area contributed by atoms with Gasteiger partial charge in [-0.25, -0.2) is 9.97 Å². The molecule has 0 aliphatic heterocycles. The molecule has 0 aliphatic rings. The van der Waals surface area contributed by atoms with Crippen molar-refractivity contribution in [2.45, 2.75) is 32.6 Å². The standard InChI is InChI=1S/C10H16N2O/c1-2-4-9-6-7-11-10(12-9)5-3-8-13/h6-7,13H,2-5,8H2,1H3. The summed E-state index contributed by atoms with van der Waals surface area (Å²) in [6.45, 7) is 2.34. The van der Waals surface area contributed by atoms with Gasteiger partial charge in [-0.1, -0.05) is 13.3 Å². The van der Waals surface area contributed by atoms with Crippen LogP contribution in [0.5, 0.6) is 0 Å². The summed E-state index contributed by atoms with van der Waals surface area (Å²) in [5.74, 6) is 0.847. The van der Waals surface area contributed by atoms with E-state index in [2.05, 4.69) is 16.9 Å². The highest BCUT2D eigenvalue weighted by Crippen LogP contribution is 2.01. The summed E-state index contributed by atoms with van der Waals surface area (Å²) in [7, 11) is 0. The molecule has 1 aromatic rings. The molecule has 1 rings (SSSR count). The fraction of sp³-hybridized carbons (Fsp3) is 0.600. The van der Waals surface area contributed by atoms with E-state index in [0.29, 0.717) is 0 Å². The lowest BCUT2D eigenvalue weighted by atomic mass is 10.2. The zero-order valence-electron chi connectivity index (χ0n) is 8.03. The van der Waals surface area contributed by atoms with E-state index in [4.69, 9.17) is 5.11 Å². The third-order valence-corrected chi connectivity index (χ3v) is 1.83. The largest absolute Gasteiger partial charge is 0.396 e. The molecule has 0 aromatic carbocycles. The molecule has 1 N–H and O–H groups in total. The number of aryl methyl sites for hydroxylation is 2. The normalized spacial score (nSPS) is 10.3. The Morgan fingerprint density at radius 3 is 2.92 bits per heavy atom. The van der Waals surface area contributed by atoms with Gasteiger partial charge in [-0.3, -0.25) is 0 Å².